The Hall–Kier alpha value is -1.41. The number of carbonyl (C=O) groups is 2. The van der Waals surface area contributed by atoms with Gasteiger partial charge in [-0.05, 0) is 18.2 Å². The van der Waals surface area contributed by atoms with E-state index in [1.165, 1.54) is 6.07 Å². The van der Waals surface area contributed by atoms with E-state index < -0.39 is 37.9 Å². The van der Waals surface area contributed by atoms with Gasteiger partial charge in [0.05, 0.1) is 10.5 Å². The largest absolute Gasteiger partial charge is 0.478 e. The first-order valence-electron chi connectivity index (χ1n) is 4.28. The topological polar surface area (TPSA) is 115 Å². The zero-order valence-corrected chi connectivity index (χ0v) is 10.8. The van der Waals surface area contributed by atoms with E-state index >= 15 is 0 Å². The standard InChI is InChI=1S/C9H8BrNO5S/c10-5-1-2-6(9(13)14)7(3-5)17(15,16)4-8(11)12/h1-3H,4H2,(H2,11,12)(H,13,14). The van der Waals surface area contributed by atoms with Crippen molar-refractivity contribution >= 4 is 37.6 Å². The highest BCUT2D eigenvalue weighted by atomic mass is 79.9. The van der Waals surface area contributed by atoms with Crippen LogP contribution in [-0.4, -0.2) is 31.2 Å². The van der Waals surface area contributed by atoms with Gasteiger partial charge in [-0.2, -0.15) is 0 Å². The van der Waals surface area contributed by atoms with Gasteiger partial charge in [-0.15, -0.1) is 0 Å². The molecule has 8 heteroatoms. The summed E-state index contributed by atoms with van der Waals surface area (Å²) in [6, 6.07) is 3.66. The average Bonchev–Trinajstić information content (AvgIpc) is 2.14. The lowest BCUT2D eigenvalue weighted by Gasteiger charge is -2.06. The maximum Gasteiger partial charge on any atom is 0.337 e. The van der Waals surface area contributed by atoms with Crippen LogP contribution in [0.25, 0.3) is 0 Å². The van der Waals surface area contributed by atoms with Gasteiger partial charge in [-0.3, -0.25) is 4.79 Å². The SMILES string of the molecule is NC(=O)CS(=O)(=O)c1cc(Br)ccc1C(=O)O. The minimum atomic E-state index is -4.04. The second-order valence-electron chi connectivity index (χ2n) is 3.17. The number of carbonyl (C=O) groups excluding carboxylic acids is 1. The first-order chi connectivity index (χ1) is 7.74. The van der Waals surface area contributed by atoms with Crippen LogP contribution in [0.5, 0.6) is 0 Å². The molecule has 92 valence electrons. The predicted octanol–water partition coefficient (Wildman–Crippen LogP) is 0.406. The summed E-state index contributed by atoms with van der Waals surface area (Å²) in [6.07, 6.45) is 0. The Morgan fingerprint density at radius 2 is 1.94 bits per heavy atom. The maximum absolute atomic E-state index is 11.7. The molecule has 0 radical (unpaired) electrons. The van der Waals surface area contributed by atoms with Crippen molar-refractivity contribution in [2.75, 3.05) is 5.75 Å². The highest BCUT2D eigenvalue weighted by molar-refractivity contribution is 9.10. The Labute approximate surface area is 105 Å². The molecule has 0 heterocycles. The number of hydrogen-bond acceptors (Lipinski definition) is 4. The van der Waals surface area contributed by atoms with E-state index in [1.54, 1.807) is 0 Å². The number of sulfone groups is 1. The fraction of sp³-hybridized carbons (Fsp3) is 0.111. The minimum Gasteiger partial charge on any atom is -0.478 e. The van der Waals surface area contributed by atoms with Crippen LogP contribution in [0.1, 0.15) is 10.4 Å². The third-order valence-corrected chi connectivity index (χ3v) is 4.01. The predicted molar refractivity (Wildman–Crippen MR) is 62.3 cm³/mol. The molecule has 0 saturated carbocycles. The molecule has 0 saturated heterocycles. The van der Waals surface area contributed by atoms with Crippen LogP contribution in [0.2, 0.25) is 0 Å². The summed E-state index contributed by atoms with van der Waals surface area (Å²) < 4.78 is 23.9. The number of benzene rings is 1. The maximum atomic E-state index is 11.7. The summed E-state index contributed by atoms with van der Waals surface area (Å²) in [6.45, 7) is 0. The summed E-state index contributed by atoms with van der Waals surface area (Å²) >= 11 is 3.03. The van der Waals surface area contributed by atoms with Crippen LogP contribution >= 0.6 is 15.9 Å². The highest BCUT2D eigenvalue weighted by Crippen LogP contribution is 2.22. The Kier molecular flexibility index (Phi) is 3.89. The van der Waals surface area contributed by atoms with Gasteiger partial charge in [-0.1, -0.05) is 15.9 Å². The highest BCUT2D eigenvalue weighted by Gasteiger charge is 2.24. The number of hydrogen-bond donors (Lipinski definition) is 2. The van der Waals surface area contributed by atoms with Crippen molar-refractivity contribution in [3.8, 4) is 0 Å². The van der Waals surface area contributed by atoms with E-state index in [9.17, 15) is 18.0 Å². The fourth-order valence-corrected chi connectivity index (χ4v) is 3.03. The van der Waals surface area contributed by atoms with E-state index in [-0.39, 0.29) is 0 Å². The third kappa shape index (κ3) is 3.27. The number of carboxylic acid groups (broad SMARTS) is 1. The lowest BCUT2D eigenvalue weighted by molar-refractivity contribution is -0.115. The molecular formula is C9H8BrNO5S. The average molecular weight is 322 g/mol. The second-order valence-corrected chi connectivity index (χ2v) is 6.04. The lowest BCUT2D eigenvalue weighted by atomic mass is 10.2. The zero-order valence-electron chi connectivity index (χ0n) is 8.38. The van der Waals surface area contributed by atoms with E-state index in [2.05, 4.69) is 15.9 Å². The number of halogens is 1. The van der Waals surface area contributed by atoms with Crippen molar-refractivity contribution in [3.05, 3.63) is 28.2 Å². The number of rotatable bonds is 4. The Bertz CT molecular complexity index is 581. The van der Waals surface area contributed by atoms with Gasteiger partial charge >= 0.3 is 5.97 Å². The van der Waals surface area contributed by atoms with Crippen LogP contribution in [0.15, 0.2) is 27.6 Å². The molecule has 0 spiro atoms. The minimum absolute atomic E-state index is 0.394. The normalized spacial score (nSPS) is 11.1. The molecule has 17 heavy (non-hydrogen) atoms. The molecule has 0 aromatic heterocycles. The first-order valence-corrected chi connectivity index (χ1v) is 6.72. The number of nitrogens with two attached hydrogens (primary N) is 1. The number of primary amides is 1. The quantitative estimate of drug-likeness (QED) is 0.833. The van der Waals surface area contributed by atoms with Crippen LogP contribution in [0.3, 0.4) is 0 Å². The van der Waals surface area contributed by atoms with Gasteiger partial charge in [0.1, 0.15) is 5.75 Å². The van der Waals surface area contributed by atoms with E-state index in [0.29, 0.717) is 4.47 Å². The van der Waals surface area contributed by atoms with Crippen molar-refractivity contribution in [3.63, 3.8) is 0 Å². The smallest absolute Gasteiger partial charge is 0.337 e. The van der Waals surface area contributed by atoms with Crippen LogP contribution in [-0.2, 0) is 14.6 Å². The van der Waals surface area contributed by atoms with Gasteiger partial charge in [0.15, 0.2) is 9.84 Å². The molecule has 1 aromatic carbocycles. The molecule has 1 rings (SSSR count). The van der Waals surface area contributed by atoms with Crippen molar-refractivity contribution in [1.82, 2.24) is 0 Å². The number of amides is 1. The third-order valence-electron chi connectivity index (χ3n) is 1.84. The Morgan fingerprint density at radius 3 is 2.41 bits per heavy atom. The number of aromatic carboxylic acids is 1. The zero-order chi connectivity index (χ0) is 13.2. The van der Waals surface area contributed by atoms with Crippen LogP contribution in [0.4, 0.5) is 0 Å². The molecule has 1 amide bonds. The molecule has 0 atom stereocenters. The Balaban J connectivity index is 3.43. The Morgan fingerprint density at radius 1 is 1.35 bits per heavy atom. The molecule has 0 aliphatic rings. The summed E-state index contributed by atoms with van der Waals surface area (Å²) in [4.78, 5) is 21.1. The molecule has 3 N–H and O–H groups in total. The van der Waals surface area contributed by atoms with Crippen LogP contribution < -0.4 is 5.73 Å². The monoisotopic (exact) mass is 321 g/mol. The van der Waals surface area contributed by atoms with Crippen molar-refractivity contribution in [1.29, 1.82) is 0 Å². The van der Waals surface area contributed by atoms with Gasteiger partial charge in [0.25, 0.3) is 0 Å². The molecule has 0 fully saturated rings. The summed E-state index contributed by atoms with van der Waals surface area (Å²) in [5.41, 5.74) is 4.41. The van der Waals surface area contributed by atoms with E-state index in [0.717, 1.165) is 12.1 Å². The van der Waals surface area contributed by atoms with Gasteiger partial charge in [0, 0.05) is 4.47 Å². The fourth-order valence-electron chi connectivity index (χ4n) is 1.20. The summed E-state index contributed by atoms with van der Waals surface area (Å²) in [7, 11) is -4.04. The van der Waals surface area contributed by atoms with Gasteiger partial charge in [0.2, 0.25) is 5.91 Å². The molecule has 0 unspecified atom stereocenters. The van der Waals surface area contributed by atoms with Crippen molar-refractivity contribution < 1.29 is 23.1 Å². The lowest BCUT2D eigenvalue weighted by Crippen LogP contribution is -2.24. The molecular weight excluding hydrogens is 314 g/mol. The molecule has 6 nitrogen and oxygen atoms in total. The van der Waals surface area contributed by atoms with Crippen LogP contribution in [0, 0.1) is 0 Å². The van der Waals surface area contributed by atoms with E-state index in [4.69, 9.17) is 10.8 Å². The molecule has 0 aliphatic heterocycles. The van der Waals surface area contributed by atoms with Gasteiger partial charge in [-0.25, -0.2) is 13.2 Å². The van der Waals surface area contributed by atoms with Crippen molar-refractivity contribution in [2.24, 2.45) is 5.73 Å². The van der Waals surface area contributed by atoms with Crippen molar-refractivity contribution in [2.45, 2.75) is 4.90 Å². The summed E-state index contributed by atoms with van der Waals surface area (Å²) in [5.74, 6) is -3.36. The summed E-state index contributed by atoms with van der Waals surface area (Å²) in [5, 5.41) is 8.86. The molecule has 0 bridgehead atoms. The van der Waals surface area contributed by atoms with E-state index in [1.807, 2.05) is 0 Å². The number of carboxylic acids is 1. The molecule has 0 aliphatic carbocycles. The van der Waals surface area contributed by atoms with Gasteiger partial charge < -0.3 is 10.8 Å². The first kappa shape index (κ1) is 13.7. The molecule has 1 aromatic rings. The second kappa shape index (κ2) is 4.84.